The molecular formula is C22H23N3O4S. The van der Waals surface area contributed by atoms with E-state index in [0.717, 1.165) is 17.5 Å². The van der Waals surface area contributed by atoms with Crippen molar-refractivity contribution in [3.8, 4) is 0 Å². The van der Waals surface area contributed by atoms with Gasteiger partial charge in [0.25, 0.3) is 10.0 Å². The lowest BCUT2D eigenvalue weighted by Gasteiger charge is -2.09. The highest BCUT2D eigenvalue weighted by molar-refractivity contribution is 7.92. The van der Waals surface area contributed by atoms with Crippen LogP contribution in [-0.2, 0) is 21.2 Å². The van der Waals surface area contributed by atoms with E-state index in [1.807, 2.05) is 25.1 Å². The van der Waals surface area contributed by atoms with Gasteiger partial charge in [0.15, 0.2) is 5.76 Å². The maximum absolute atomic E-state index is 12.6. The van der Waals surface area contributed by atoms with Gasteiger partial charge in [0.1, 0.15) is 11.4 Å². The second-order valence-corrected chi connectivity index (χ2v) is 8.43. The summed E-state index contributed by atoms with van der Waals surface area (Å²) in [6.07, 6.45) is 4.24. The van der Waals surface area contributed by atoms with Crippen LogP contribution in [0.4, 0.5) is 11.4 Å². The SMILES string of the molecule is CCc1cccc(NS(=O)(=O)c2ccc(C=Cc3onc(C)c3NC(C)=O)cc2)c1. The van der Waals surface area contributed by atoms with Gasteiger partial charge < -0.3 is 9.84 Å². The largest absolute Gasteiger partial charge is 0.354 e. The molecule has 2 aromatic carbocycles. The van der Waals surface area contributed by atoms with Crippen LogP contribution in [0.5, 0.6) is 0 Å². The highest BCUT2D eigenvalue weighted by Crippen LogP contribution is 2.23. The molecule has 0 bridgehead atoms. The summed E-state index contributed by atoms with van der Waals surface area (Å²) in [5.41, 5.74) is 3.44. The lowest BCUT2D eigenvalue weighted by atomic mass is 10.1. The van der Waals surface area contributed by atoms with E-state index in [4.69, 9.17) is 4.52 Å². The van der Waals surface area contributed by atoms with Crippen LogP contribution >= 0.6 is 0 Å². The van der Waals surface area contributed by atoms with Crippen LogP contribution in [0.1, 0.15) is 36.4 Å². The summed E-state index contributed by atoms with van der Waals surface area (Å²) in [4.78, 5) is 11.5. The number of sulfonamides is 1. The van der Waals surface area contributed by atoms with E-state index in [9.17, 15) is 13.2 Å². The lowest BCUT2D eigenvalue weighted by Crippen LogP contribution is -2.13. The summed E-state index contributed by atoms with van der Waals surface area (Å²) in [6.45, 7) is 5.15. The Hall–Kier alpha value is -3.39. The van der Waals surface area contributed by atoms with E-state index in [0.29, 0.717) is 22.8 Å². The molecule has 1 amide bonds. The lowest BCUT2D eigenvalue weighted by molar-refractivity contribution is -0.114. The van der Waals surface area contributed by atoms with Crippen molar-refractivity contribution in [3.05, 3.63) is 71.1 Å². The number of amides is 1. The van der Waals surface area contributed by atoms with Gasteiger partial charge in [-0.05, 0) is 54.8 Å². The van der Waals surface area contributed by atoms with Crippen LogP contribution in [-0.4, -0.2) is 19.5 Å². The predicted octanol–water partition coefficient (Wildman–Crippen LogP) is 4.48. The zero-order valence-corrected chi connectivity index (χ0v) is 17.8. The van der Waals surface area contributed by atoms with E-state index in [-0.39, 0.29) is 10.8 Å². The standard InChI is InChI=1S/C22H23N3O4S/c1-4-17-6-5-7-19(14-17)25-30(27,28)20-11-8-18(9-12-20)10-13-21-22(23-16(3)26)15(2)24-29-21/h5-14,25H,4H2,1-3H3,(H,23,26). The second kappa shape index (κ2) is 8.96. The molecule has 0 aliphatic heterocycles. The molecule has 0 saturated heterocycles. The Morgan fingerprint density at radius 3 is 2.53 bits per heavy atom. The molecule has 0 spiro atoms. The third-order valence-corrected chi connectivity index (χ3v) is 5.79. The van der Waals surface area contributed by atoms with Gasteiger partial charge in [0, 0.05) is 12.6 Å². The van der Waals surface area contributed by atoms with Crippen molar-refractivity contribution >= 4 is 39.5 Å². The Bertz CT molecular complexity index is 1180. The number of carbonyl (C=O) groups is 1. The highest BCUT2D eigenvalue weighted by atomic mass is 32.2. The number of hydrogen-bond acceptors (Lipinski definition) is 5. The molecule has 0 radical (unpaired) electrons. The predicted molar refractivity (Wildman–Crippen MR) is 118 cm³/mol. The molecule has 0 aliphatic rings. The van der Waals surface area contributed by atoms with Crippen molar-refractivity contribution in [2.45, 2.75) is 32.1 Å². The molecule has 0 fully saturated rings. The molecule has 1 aromatic heterocycles. The fraction of sp³-hybridized carbons (Fsp3) is 0.182. The molecule has 0 saturated carbocycles. The zero-order valence-electron chi connectivity index (χ0n) is 17.0. The molecule has 2 N–H and O–H groups in total. The molecule has 8 heteroatoms. The van der Waals surface area contributed by atoms with Crippen LogP contribution < -0.4 is 10.0 Å². The van der Waals surface area contributed by atoms with E-state index in [2.05, 4.69) is 15.2 Å². The Morgan fingerprint density at radius 2 is 1.87 bits per heavy atom. The molecule has 1 heterocycles. The average molecular weight is 426 g/mol. The summed E-state index contributed by atoms with van der Waals surface area (Å²) in [5, 5.41) is 6.54. The fourth-order valence-electron chi connectivity index (χ4n) is 2.83. The summed E-state index contributed by atoms with van der Waals surface area (Å²) in [6, 6.07) is 13.8. The van der Waals surface area contributed by atoms with Crippen LogP contribution in [0, 0.1) is 6.92 Å². The fourth-order valence-corrected chi connectivity index (χ4v) is 3.88. The van der Waals surface area contributed by atoms with Crippen molar-refractivity contribution in [2.75, 3.05) is 10.0 Å². The van der Waals surface area contributed by atoms with Crippen molar-refractivity contribution in [3.63, 3.8) is 0 Å². The molecule has 0 atom stereocenters. The molecule has 3 aromatic rings. The first-order valence-electron chi connectivity index (χ1n) is 9.42. The number of hydrogen-bond donors (Lipinski definition) is 2. The number of anilines is 2. The van der Waals surface area contributed by atoms with Crippen LogP contribution in [0.2, 0.25) is 0 Å². The zero-order chi connectivity index (χ0) is 21.7. The minimum Gasteiger partial charge on any atom is -0.354 e. The Morgan fingerprint density at radius 1 is 1.13 bits per heavy atom. The van der Waals surface area contributed by atoms with Gasteiger partial charge in [-0.25, -0.2) is 8.42 Å². The van der Waals surface area contributed by atoms with Gasteiger partial charge in [0.05, 0.1) is 4.90 Å². The summed E-state index contributed by atoms with van der Waals surface area (Å²) < 4.78 is 33.1. The van der Waals surface area contributed by atoms with Crippen molar-refractivity contribution in [1.82, 2.24) is 5.16 Å². The number of benzene rings is 2. The van der Waals surface area contributed by atoms with E-state index >= 15 is 0 Å². The highest BCUT2D eigenvalue weighted by Gasteiger charge is 2.14. The van der Waals surface area contributed by atoms with E-state index in [1.165, 1.54) is 19.1 Å². The minimum absolute atomic E-state index is 0.163. The Kier molecular flexibility index (Phi) is 6.37. The smallest absolute Gasteiger partial charge is 0.261 e. The maximum Gasteiger partial charge on any atom is 0.261 e. The van der Waals surface area contributed by atoms with Crippen molar-refractivity contribution < 1.29 is 17.7 Å². The maximum atomic E-state index is 12.6. The third kappa shape index (κ3) is 5.15. The molecular weight excluding hydrogens is 402 g/mol. The van der Waals surface area contributed by atoms with Crippen molar-refractivity contribution in [2.24, 2.45) is 0 Å². The second-order valence-electron chi connectivity index (χ2n) is 6.75. The number of nitrogens with one attached hydrogen (secondary N) is 2. The normalized spacial score (nSPS) is 11.6. The summed E-state index contributed by atoms with van der Waals surface area (Å²) >= 11 is 0. The first kappa shape index (κ1) is 21.3. The Labute approximate surface area is 175 Å². The number of aromatic nitrogens is 1. The monoisotopic (exact) mass is 425 g/mol. The average Bonchev–Trinajstić information content (AvgIpc) is 3.05. The topological polar surface area (TPSA) is 101 Å². The molecule has 30 heavy (non-hydrogen) atoms. The van der Waals surface area contributed by atoms with Gasteiger partial charge >= 0.3 is 0 Å². The summed E-state index contributed by atoms with van der Waals surface area (Å²) in [5.74, 6) is 0.194. The van der Waals surface area contributed by atoms with Crippen LogP contribution in [0.15, 0.2) is 57.9 Å². The van der Waals surface area contributed by atoms with Crippen LogP contribution in [0.3, 0.4) is 0 Å². The number of nitrogens with zero attached hydrogens (tertiary/aromatic N) is 1. The van der Waals surface area contributed by atoms with E-state index < -0.39 is 10.0 Å². The Balaban J connectivity index is 1.76. The number of carbonyl (C=O) groups excluding carboxylic acids is 1. The first-order chi connectivity index (χ1) is 14.3. The van der Waals surface area contributed by atoms with Gasteiger partial charge in [-0.1, -0.05) is 42.4 Å². The third-order valence-electron chi connectivity index (χ3n) is 4.40. The van der Waals surface area contributed by atoms with E-state index in [1.54, 1.807) is 37.3 Å². The van der Waals surface area contributed by atoms with Crippen molar-refractivity contribution in [1.29, 1.82) is 0 Å². The van der Waals surface area contributed by atoms with Crippen LogP contribution in [0.25, 0.3) is 12.2 Å². The molecule has 156 valence electrons. The van der Waals surface area contributed by atoms with Gasteiger partial charge in [-0.3, -0.25) is 9.52 Å². The van der Waals surface area contributed by atoms with Gasteiger partial charge in [0.2, 0.25) is 5.91 Å². The molecule has 7 nitrogen and oxygen atoms in total. The summed E-state index contributed by atoms with van der Waals surface area (Å²) in [7, 11) is -3.69. The van der Waals surface area contributed by atoms with Gasteiger partial charge in [-0.2, -0.15) is 0 Å². The van der Waals surface area contributed by atoms with Gasteiger partial charge in [-0.15, -0.1) is 0 Å². The molecule has 3 rings (SSSR count). The minimum atomic E-state index is -3.69. The molecule has 0 unspecified atom stereocenters. The quantitative estimate of drug-likeness (QED) is 0.581. The number of rotatable bonds is 7. The first-order valence-corrected chi connectivity index (χ1v) is 10.9. The number of aryl methyl sites for hydroxylation is 2. The molecule has 0 aliphatic carbocycles.